The molecule has 1 atom stereocenters. The summed E-state index contributed by atoms with van der Waals surface area (Å²) in [6.07, 6.45) is 1.59. The summed E-state index contributed by atoms with van der Waals surface area (Å²) >= 11 is 9.89. The van der Waals surface area contributed by atoms with Crippen LogP contribution < -0.4 is 11.1 Å². The Morgan fingerprint density at radius 3 is 2.82 bits per heavy atom. The largest absolute Gasteiger partial charge is 0.393 e. The van der Waals surface area contributed by atoms with Gasteiger partial charge in [0.05, 0.1) is 21.2 Å². The average Bonchev–Trinajstić information content (AvgIpc) is 2.68. The molecule has 0 aliphatic carbocycles. The van der Waals surface area contributed by atoms with E-state index >= 15 is 0 Å². The van der Waals surface area contributed by atoms with E-state index in [4.69, 9.17) is 18.0 Å². The van der Waals surface area contributed by atoms with E-state index in [2.05, 4.69) is 21.2 Å². The fourth-order valence-electron chi connectivity index (χ4n) is 1.44. The van der Waals surface area contributed by atoms with Crippen LogP contribution in [0.25, 0.3) is 0 Å². The number of rotatable bonds is 6. The molecule has 1 amide bonds. The third kappa shape index (κ3) is 4.73. The van der Waals surface area contributed by atoms with Gasteiger partial charge in [0, 0.05) is 4.88 Å². The van der Waals surface area contributed by atoms with Crippen molar-refractivity contribution >= 4 is 50.4 Å². The first kappa shape index (κ1) is 14.6. The van der Waals surface area contributed by atoms with Crippen LogP contribution in [0.15, 0.2) is 15.9 Å². The van der Waals surface area contributed by atoms with Crippen molar-refractivity contribution in [2.24, 2.45) is 11.7 Å². The predicted octanol–water partition coefficient (Wildman–Crippen LogP) is 2.83. The van der Waals surface area contributed by atoms with Crippen LogP contribution >= 0.6 is 39.5 Å². The molecular formula is C11H15BrN2OS2. The number of nitrogens with two attached hydrogens (primary N) is 1. The van der Waals surface area contributed by atoms with E-state index in [1.165, 1.54) is 0 Å². The van der Waals surface area contributed by atoms with Gasteiger partial charge in [0.25, 0.3) is 0 Å². The summed E-state index contributed by atoms with van der Waals surface area (Å²) in [4.78, 5) is 13.2. The van der Waals surface area contributed by atoms with Gasteiger partial charge in [-0.25, -0.2) is 0 Å². The van der Waals surface area contributed by atoms with Crippen LogP contribution in [0.3, 0.4) is 0 Å². The van der Waals surface area contributed by atoms with Crippen molar-refractivity contribution in [3.8, 4) is 0 Å². The fraction of sp³-hybridized carbons (Fsp3) is 0.455. The highest BCUT2D eigenvalue weighted by atomic mass is 79.9. The first-order valence-corrected chi connectivity index (χ1v) is 7.37. The minimum absolute atomic E-state index is 0.0797. The summed E-state index contributed by atoms with van der Waals surface area (Å²) in [5, 5.41) is 2.86. The number of amides is 1. The molecule has 0 saturated carbocycles. The molecule has 0 radical (unpaired) electrons. The van der Waals surface area contributed by atoms with E-state index in [1.807, 2.05) is 19.1 Å². The number of carbonyl (C=O) groups is 1. The smallest absolute Gasteiger partial charge is 0.230 e. The van der Waals surface area contributed by atoms with Gasteiger partial charge in [-0.1, -0.05) is 25.6 Å². The summed E-state index contributed by atoms with van der Waals surface area (Å²) in [5.41, 5.74) is 5.56. The number of halogens is 1. The Kier molecular flexibility index (Phi) is 6.08. The molecule has 1 rings (SSSR count). The van der Waals surface area contributed by atoms with Crippen LogP contribution in [0.4, 0.5) is 0 Å². The molecule has 0 bridgehead atoms. The predicted molar refractivity (Wildman–Crippen MR) is 79.0 cm³/mol. The highest BCUT2D eigenvalue weighted by Crippen LogP contribution is 2.21. The highest BCUT2D eigenvalue weighted by molar-refractivity contribution is 9.11. The number of hydrogen-bond acceptors (Lipinski definition) is 3. The molecule has 1 heterocycles. The van der Waals surface area contributed by atoms with Crippen LogP contribution in [0.5, 0.6) is 0 Å². The maximum absolute atomic E-state index is 11.9. The Bertz CT molecular complexity index is 406. The fourth-order valence-corrected chi connectivity index (χ4v) is 3.08. The second-order valence-electron chi connectivity index (χ2n) is 3.67. The van der Waals surface area contributed by atoms with Gasteiger partial charge < -0.3 is 11.1 Å². The molecule has 1 aromatic heterocycles. The van der Waals surface area contributed by atoms with Crippen molar-refractivity contribution in [3.63, 3.8) is 0 Å². The number of thiocarbonyl (C=S) groups is 1. The van der Waals surface area contributed by atoms with Crippen molar-refractivity contribution in [3.05, 3.63) is 20.8 Å². The van der Waals surface area contributed by atoms with Crippen molar-refractivity contribution < 1.29 is 4.79 Å². The summed E-state index contributed by atoms with van der Waals surface area (Å²) in [6, 6.07) is 3.94. The van der Waals surface area contributed by atoms with E-state index in [0.29, 0.717) is 13.0 Å². The van der Waals surface area contributed by atoms with E-state index < -0.39 is 0 Å². The van der Waals surface area contributed by atoms with Gasteiger partial charge in [-0.05, 0) is 34.5 Å². The lowest BCUT2D eigenvalue weighted by atomic mass is 10.0. The summed E-state index contributed by atoms with van der Waals surface area (Å²) in [5.74, 6) is -0.428. The topological polar surface area (TPSA) is 55.1 Å². The van der Waals surface area contributed by atoms with Gasteiger partial charge in [0.1, 0.15) is 0 Å². The van der Waals surface area contributed by atoms with Crippen LogP contribution in [-0.2, 0) is 11.3 Å². The van der Waals surface area contributed by atoms with Crippen molar-refractivity contribution in [2.75, 3.05) is 0 Å². The SMILES string of the molecule is CCCC(C(=O)NCc1ccc(Br)s1)C(N)=S. The van der Waals surface area contributed by atoms with Gasteiger partial charge in [-0.2, -0.15) is 0 Å². The Labute approximate surface area is 119 Å². The molecule has 0 aromatic carbocycles. The second-order valence-corrected chi connectivity index (χ2v) is 6.69. The normalized spacial score (nSPS) is 12.1. The molecule has 17 heavy (non-hydrogen) atoms. The van der Waals surface area contributed by atoms with Crippen LogP contribution in [0, 0.1) is 5.92 Å². The Morgan fingerprint density at radius 1 is 1.65 bits per heavy atom. The highest BCUT2D eigenvalue weighted by Gasteiger charge is 2.19. The van der Waals surface area contributed by atoms with Crippen molar-refractivity contribution in [1.29, 1.82) is 0 Å². The van der Waals surface area contributed by atoms with Crippen LogP contribution in [0.2, 0.25) is 0 Å². The average molecular weight is 335 g/mol. The minimum Gasteiger partial charge on any atom is -0.393 e. The first-order chi connectivity index (χ1) is 8.04. The molecule has 0 aliphatic rings. The van der Waals surface area contributed by atoms with Gasteiger partial charge in [0.2, 0.25) is 5.91 Å². The number of hydrogen-bond donors (Lipinski definition) is 2. The van der Waals surface area contributed by atoms with Crippen LogP contribution in [0.1, 0.15) is 24.6 Å². The van der Waals surface area contributed by atoms with Gasteiger partial charge in [-0.15, -0.1) is 11.3 Å². The summed E-state index contributed by atoms with van der Waals surface area (Å²) in [7, 11) is 0. The first-order valence-electron chi connectivity index (χ1n) is 5.35. The molecule has 94 valence electrons. The van der Waals surface area contributed by atoms with Crippen molar-refractivity contribution in [1.82, 2.24) is 5.32 Å². The second kappa shape index (κ2) is 7.08. The van der Waals surface area contributed by atoms with Gasteiger partial charge in [0.15, 0.2) is 0 Å². The van der Waals surface area contributed by atoms with E-state index in [1.54, 1.807) is 11.3 Å². The third-order valence-electron chi connectivity index (χ3n) is 2.30. The van der Waals surface area contributed by atoms with E-state index in [0.717, 1.165) is 15.1 Å². The molecule has 3 N–H and O–H groups in total. The van der Waals surface area contributed by atoms with E-state index in [9.17, 15) is 4.79 Å². The number of nitrogens with one attached hydrogen (secondary N) is 1. The lowest BCUT2D eigenvalue weighted by molar-refractivity contribution is -0.123. The molecule has 3 nitrogen and oxygen atoms in total. The zero-order chi connectivity index (χ0) is 12.8. The standard InChI is InChI=1S/C11H15BrN2OS2/c1-2-3-8(10(13)16)11(15)14-6-7-4-5-9(12)17-7/h4-5,8H,2-3,6H2,1H3,(H2,13,16)(H,14,15). The molecule has 0 spiro atoms. The lowest BCUT2D eigenvalue weighted by Crippen LogP contribution is -2.37. The Morgan fingerprint density at radius 2 is 2.35 bits per heavy atom. The quantitative estimate of drug-likeness (QED) is 0.786. The van der Waals surface area contributed by atoms with Crippen molar-refractivity contribution in [2.45, 2.75) is 26.3 Å². The number of thiophene rings is 1. The Hall–Kier alpha value is -0.460. The maximum atomic E-state index is 11.9. The third-order valence-corrected chi connectivity index (χ3v) is 4.21. The molecule has 0 aliphatic heterocycles. The molecular weight excluding hydrogens is 320 g/mol. The minimum atomic E-state index is -0.349. The molecule has 0 fully saturated rings. The number of carbonyl (C=O) groups excluding carboxylic acids is 1. The van der Waals surface area contributed by atoms with Gasteiger partial charge in [-0.3, -0.25) is 4.79 Å². The Balaban J connectivity index is 2.50. The lowest BCUT2D eigenvalue weighted by Gasteiger charge is -2.13. The monoisotopic (exact) mass is 334 g/mol. The van der Waals surface area contributed by atoms with E-state index in [-0.39, 0.29) is 16.8 Å². The summed E-state index contributed by atoms with van der Waals surface area (Å²) in [6.45, 7) is 2.53. The zero-order valence-corrected chi connectivity index (χ0v) is 12.8. The zero-order valence-electron chi connectivity index (χ0n) is 9.53. The molecule has 1 aromatic rings. The summed E-state index contributed by atoms with van der Waals surface area (Å²) < 4.78 is 1.06. The molecule has 6 heteroatoms. The molecule has 1 unspecified atom stereocenters. The maximum Gasteiger partial charge on any atom is 0.230 e. The van der Waals surface area contributed by atoms with Gasteiger partial charge >= 0.3 is 0 Å². The van der Waals surface area contributed by atoms with Crippen LogP contribution in [-0.4, -0.2) is 10.9 Å². The molecule has 0 saturated heterocycles.